The Morgan fingerprint density at radius 3 is 2.78 bits per heavy atom. The highest BCUT2D eigenvalue weighted by Crippen LogP contribution is 2.46. The Morgan fingerprint density at radius 1 is 1.09 bits per heavy atom. The zero-order valence-corrected chi connectivity index (χ0v) is 16.8. The van der Waals surface area contributed by atoms with Crippen molar-refractivity contribution in [2.24, 2.45) is 0 Å². The van der Waals surface area contributed by atoms with Crippen LogP contribution in [0.3, 0.4) is 0 Å². The van der Waals surface area contributed by atoms with E-state index in [1.54, 1.807) is 49.4 Å². The quantitative estimate of drug-likeness (QED) is 0.491. The number of hydrogen-bond acceptors (Lipinski definition) is 8. The topological polar surface area (TPSA) is 113 Å². The van der Waals surface area contributed by atoms with Gasteiger partial charge in [-0.05, 0) is 36.8 Å². The first-order chi connectivity index (χ1) is 15.6. The molecule has 160 valence electrons. The Kier molecular flexibility index (Phi) is 3.97. The smallest absolute Gasteiger partial charge is 0.344 e. The number of rotatable bonds is 3. The summed E-state index contributed by atoms with van der Waals surface area (Å²) in [4.78, 5) is 26.3. The lowest BCUT2D eigenvalue weighted by Crippen LogP contribution is -2.35. The standard InChI is InChI=1S/C23H16N2O7/c1-11-8-17(25-32-11)24-22(26)21-18(12-6-7-15-16(9-12)29-10-28-15)19-20(31-21)13-4-2-3-5-14(13)30-23(19)27/h2-9,18,21H,10H2,1H3,(H,24,25,26)/t18-,21-/m0/s1. The lowest BCUT2D eigenvalue weighted by atomic mass is 9.88. The average Bonchev–Trinajstić information content (AvgIpc) is 3.51. The normalized spacial score (nSPS) is 18.4. The number of carbonyl (C=O) groups is 1. The van der Waals surface area contributed by atoms with Crippen LogP contribution >= 0.6 is 0 Å². The molecule has 1 N–H and O–H groups in total. The number of nitrogens with one attached hydrogen (secondary N) is 1. The Bertz CT molecular complexity index is 1440. The van der Waals surface area contributed by atoms with Crippen LogP contribution in [-0.2, 0) is 4.79 Å². The fourth-order valence-electron chi connectivity index (χ4n) is 4.15. The molecule has 2 aromatic heterocycles. The van der Waals surface area contributed by atoms with Crippen molar-refractivity contribution in [2.75, 3.05) is 12.1 Å². The molecule has 0 radical (unpaired) electrons. The molecule has 2 aromatic carbocycles. The highest BCUT2D eigenvalue weighted by Gasteiger charge is 2.44. The number of amides is 1. The molecule has 1 amide bonds. The van der Waals surface area contributed by atoms with Gasteiger partial charge in [-0.15, -0.1) is 0 Å². The second-order valence-electron chi connectivity index (χ2n) is 7.57. The summed E-state index contributed by atoms with van der Waals surface area (Å²) in [5.74, 6) is 1.07. The largest absolute Gasteiger partial charge is 0.478 e. The molecule has 0 spiro atoms. The summed E-state index contributed by atoms with van der Waals surface area (Å²) in [5, 5.41) is 7.12. The van der Waals surface area contributed by atoms with Gasteiger partial charge in [0.15, 0.2) is 23.4 Å². The summed E-state index contributed by atoms with van der Waals surface area (Å²) >= 11 is 0. The SMILES string of the molecule is Cc1cc(NC(=O)[C@H]2Oc3c(c(=O)oc4ccccc34)[C@@H]2c2ccc3c(c2)OCO3)no1. The van der Waals surface area contributed by atoms with E-state index in [0.717, 1.165) is 0 Å². The van der Waals surface area contributed by atoms with E-state index in [9.17, 15) is 9.59 Å². The van der Waals surface area contributed by atoms with Gasteiger partial charge in [-0.2, -0.15) is 0 Å². The van der Waals surface area contributed by atoms with Gasteiger partial charge >= 0.3 is 5.63 Å². The molecule has 4 aromatic rings. The maximum Gasteiger partial charge on any atom is 0.344 e. The maximum absolute atomic E-state index is 13.3. The fourth-order valence-corrected chi connectivity index (χ4v) is 4.15. The number of hydrogen-bond donors (Lipinski definition) is 1. The lowest BCUT2D eigenvalue weighted by molar-refractivity contribution is -0.122. The van der Waals surface area contributed by atoms with E-state index in [2.05, 4.69) is 10.5 Å². The number of ether oxygens (including phenoxy) is 3. The number of anilines is 1. The van der Waals surface area contributed by atoms with Crippen LogP contribution in [-0.4, -0.2) is 24.0 Å². The molecule has 4 heterocycles. The van der Waals surface area contributed by atoms with E-state index in [1.165, 1.54) is 0 Å². The Labute approximate surface area is 180 Å². The second-order valence-corrected chi connectivity index (χ2v) is 7.57. The molecule has 0 saturated heterocycles. The third-order valence-corrected chi connectivity index (χ3v) is 5.55. The lowest BCUT2D eigenvalue weighted by Gasteiger charge is -2.18. The zero-order chi connectivity index (χ0) is 21.8. The van der Waals surface area contributed by atoms with E-state index >= 15 is 0 Å². The zero-order valence-electron chi connectivity index (χ0n) is 16.8. The van der Waals surface area contributed by atoms with Crippen LogP contribution in [0.25, 0.3) is 11.0 Å². The van der Waals surface area contributed by atoms with Crippen molar-refractivity contribution in [3.05, 3.63) is 75.8 Å². The molecular formula is C23H16N2O7. The van der Waals surface area contributed by atoms with Gasteiger partial charge in [-0.1, -0.05) is 23.4 Å². The second kappa shape index (κ2) is 6.88. The first kappa shape index (κ1) is 18.5. The molecule has 2 aliphatic heterocycles. The van der Waals surface area contributed by atoms with Crippen molar-refractivity contribution in [1.29, 1.82) is 0 Å². The van der Waals surface area contributed by atoms with Crippen LogP contribution in [0.15, 0.2) is 62.3 Å². The van der Waals surface area contributed by atoms with Crippen LogP contribution in [0.2, 0.25) is 0 Å². The van der Waals surface area contributed by atoms with Gasteiger partial charge in [0, 0.05) is 6.07 Å². The summed E-state index contributed by atoms with van der Waals surface area (Å²) in [6.07, 6.45) is -1.05. The van der Waals surface area contributed by atoms with Crippen LogP contribution in [0.5, 0.6) is 17.2 Å². The summed E-state index contributed by atoms with van der Waals surface area (Å²) < 4.78 is 27.6. The molecule has 0 aliphatic carbocycles. The Balaban J connectivity index is 1.50. The van der Waals surface area contributed by atoms with E-state index in [0.29, 0.717) is 39.5 Å². The Morgan fingerprint density at radius 2 is 1.94 bits per heavy atom. The third kappa shape index (κ3) is 2.82. The number of carbonyl (C=O) groups excluding carboxylic acids is 1. The molecule has 2 atom stereocenters. The molecule has 32 heavy (non-hydrogen) atoms. The summed E-state index contributed by atoms with van der Waals surface area (Å²) in [7, 11) is 0. The van der Waals surface area contributed by atoms with Gasteiger partial charge in [-0.25, -0.2) is 4.79 Å². The van der Waals surface area contributed by atoms with Gasteiger partial charge in [0.1, 0.15) is 17.1 Å². The molecule has 9 nitrogen and oxygen atoms in total. The minimum absolute atomic E-state index is 0.110. The molecule has 6 rings (SSSR count). The van der Waals surface area contributed by atoms with Crippen LogP contribution in [0, 0.1) is 6.92 Å². The minimum Gasteiger partial charge on any atom is -0.478 e. The monoisotopic (exact) mass is 432 g/mol. The van der Waals surface area contributed by atoms with Crippen LogP contribution in [0.4, 0.5) is 5.82 Å². The van der Waals surface area contributed by atoms with Gasteiger partial charge in [0.05, 0.1) is 16.9 Å². The predicted molar refractivity (Wildman–Crippen MR) is 111 cm³/mol. The van der Waals surface area contributed by atoms with Crippen molar-refractivity contribution < 1.29 is 27.9 Å². The van der Waals surface area contributed by atoms with E-state index < -0.39 is 23.6 Å². The van der Waals surface area contributed by atoms with Gasteiger partial charge in [-0.3, -0.25) is 4.79 Å². The van der Waals surface area contributed by atoms with E-state index in [4.69, 9.17) is 23.2 Å². The third-order valence-electron chi connectivity index (χ3n) is 5.55. The molecule has 0 bridgehead atoms. The van der Waals surface area contributed by atoms with Crippen molar-refractivity contribution in [3.8, 4) is 17.2 Å². The first-order valence-electron chi connectivity index (χ1n) is 9.94. The van der Waals surface area contributed by atoms with E-state index in [-0.39, 0.29) is 18.2 Å². The number of fused-ring (bicyclic) bond motifs is 4. The van der Waals surface area contributed by atoms with Crippen molar-refractivity contribution in [2.45, 2.75) is 18.9 Å². The summed E-state index contributed by atoms with van der Waals surface area (Å²) in [5.41, 5.74) is 0.758. The molecule has 2 aliphatic rings. The molecule has 0 unspecified atom stereocenters. The minimum atomic E-state index is -1.05. The van der Waals surface area contributed by atoms with Gasteiger partial charge < -0.3 is 28.5 Å². The number of benzene rings is 2. The highest BCUT2D eigenvalue weighted by atomic mass is 16.7. The van der Waals surface area contributed by atoms with Crippen molar-refractivity contribution >= 4 is 22.7 Å². The van der Waals surface area contributed by atoms with Crippen LogP contribution in [0.1, 0.15) is 22.8 Å². The molecule has 9 heteroatoms. The van der Waals surface area contributed by atoms with Gasteiger partial charge in [0.2, 0.25) is 6.79 Å². The number of aryl methyl sites for hydroxylation is 1. The van der Waals surface area contributed by atoms with Crippen molar-refractivity contribution in [1.82, 2.24) is 5.16 Å². The van der Waals surface area contributed by atoms with Gasteiger partial charge in [0.25, 0.3) is 5.91 Å². The number of nitrogens with zero attached hydrogens (tertiary/aromatic N) is 1. The predicted octanol–water partition coefficient (Wildman–Crippen LogP) is 3.35. The maximum atomic E-state index is 13.3. The van der Waals surface area contributed by atoms with E-state index in [1.807, 2.05) is 6.07 Å². The van der Waals surface area contributed by atoms with Crippen molar-refractivity contribution in [3.63, 3.8) is 0 Å². The van der Waals surface area contributed by atoms with Crippen LogP contribution < -0.4 is 25.2 Å². The average molecular weight is 432 g/mol. The first-order valence-corrected chi connectivity index (χ1v) is 9.94. The number of aromatic nitrogens is 1. The fraction of sp³-hybridized carbons (Fsp3) is 0.174. The summed E-state index contributed by atoms with van der Waals surface area (Å²) in [6.45, 7) is 1.83. The summed E-state index contributed by atoms with van der Waals surface area (Å²) in [6, 6.07) is 13.9. The molecular weight excluding hydrogens is 416 g/mol. The number of para-hydroxylation sites is 1. The highest BCUT2D eigenvalue weighted by molar-refractivity contribution is 5.97. The Hall–Kier alpha value is -4.27. The molecule has 0 fully saturated rings. The molecule has 0 saturated carbocycles.